The van der Waals surface area contributed by atoms with E-state index in [4.69, 9.17) is 23.2 Å². The molecule has 1 heterocycles. The van der Waals surface area contributed by atoms with Crippen LogP contribution < -0.4 is 5.19 Å². The van der Waals surface area contributed by atoms with Crippen molar-refractivity contribution >= 4 is 36.5 Å². The Kier molecular flexibility index (Phi) is 5.24. The number of hydrogen-bond acceptors (Lipinski definition) is 2. The van der Waals surface area contributed by atoms with Gasteiger partial charge in [-0.05, 0) is 17.3 Å². The van der Waals surface area contributed by atoms with E-state index in [0.717, 1.165) is 11.2 Å². The minimum atomic E-state index is -1.75. The number of hydrogen-bond donors (Lipinski definition) is 0. The third kappa shape index (κ3) is 3.62. The molecule has 0 aliphatic carbocycles. The lowest BCUT2D eigenvalue weighted by atomic mass is 10.4. The summed E-state index contributed by atoms with van der Waals surface area (Å²) in [5.74, 6) is 0. The molecule has 0 aliphatic rings. The topological polar surface area (TPSA) is 30.7 Å². The largest absolute Gasteiger partial charge is 0.256 e. The summed E-state index contributed by atoms with van der Waals surface area (Å²) in [6.07, 6.45) is 6.65. The van der Waals surface area contributed by atoms with Crippen molar-refractivity contribution in [3.63, 3.8) is 0 Å². The molecule has 0 bridgehead atoms. The average Bonchev–Trinajstić information content (AvgIpc) is 2.88. The normalized spacial score (nSPS) is 14.2. The van der Waals surface area contributed by atoms with E-state index in [9.17, 15) is 0 Å². The Hall–Kier alpha value is -0.843. The van der Waals surface area contributed by atoms with Crippen LogP contribution in [0.15, 0.2) is 30.9 Å². The van der Waals surface area contributed by atoms with Crippen molar-refractivity contribution in [2.24, 2.45) is 0 Å². The van der Waals surface area contributed by atoms with Crippen LogP contribution in [0, 0.1) is 0 Å². The number of rotatable bonds is 6. The minimum absolute atomic E-state index is 0.686. The van der Waals surface area contributed by atoms with Crippen LogP contribution in [0.5, 0.6) is 0 Å². The van der Waals surface area contributed by atoms with Gasteiger partial charge in [-0.1, -0.05) is 61.6 Å². The molecule has 108 valence electrons. The van der Waals surface area contributed by atoms with Crippen LogP contribution in [0.25, 0.3) is 0 Å². The fraction of sp³-hybridized carbons (Fsp3) is 0.429. The Morgan fingerprint density at radius 2 is 2.10 bits per heavy atom. The maximum Gasteiger partial charge on any atom is 0.137 e. The van der Waals surface area contributed by atoms with Crippen molar-refractivity contribution in [1.29, 1.82) is 0 Å². The smallest absolute Gasteiger partial charge is 0.137 e. The molecule has 2 aromatic rings. The fourth-order valence-corrected chi connectivity index (χ4v) is 7.35. The molecule has 0 N–H and O–H groups in total. The lowest BCUT2D eigenvalue weighted by Gasteiger charge is -2.28. The minimum Gasteiger partial charge on any atom is -0.256 e. The molecule has 0 amide bonds. The zero-order chi connectivity index (χ0) is 14.6. The van der Waals surface area contributed by atoms with Crippen molar-refractivity contribution in [3.8, 4) is 0 Å². The molecular formula is C14H19Cl2N3Si. The maximum absolute atomic E-state index is 6.44. The Morgan fingerprint density at radius 1 is 1.30 bits per heavy atom. The van der Waals surface area contributed by atoms with E-state index >= 15 is 0 Å². The second-order valence-electron chi connectivity index (χ2n) is 5.38. The van der Waals surface area contributed by atoms with Gasteiger partial charge in [0.25, 0.3) is 0 Å². The van der Waals surface area contributed by atoms with Gasteiger partial charge in [0.2, 0.25) is 0 Å². The highest BCUT2D eigenvalue weighted by Crippen LogP contribution is 2.23. The SMILES string of the molecule is CCCC[Si](C)(Cn1cncn1)c1ccc(Cl)cc1Cl. The van der Waals surface area contributed by atoms with Gasteiger partial charge >= 0.3 is 0 Å². The Morgan fingerprint density at radius 3 is 2.70 bits per heavy atom. The molecule has 0 fully saturated rings. The first kappa shape index (κ1) is 15.5. The molecule has 1 atom stereocenters. The summed E-state index contributed by atoms with van der Waals surface area (Å²) in [7, 11) is -1.75. The number of benzene rings is 1. The van der Waals surface area contributed by atoms with Crippen molar-refractivity contribution in [3.05, 3.63) is 40.9 Å². The second-order valence-corrected chi connectivity index (χ2v) is 10.7. The van der Waals surface area contributed by atoms with E-state index in [-0.39, 0.29) is 0 Å². The molecule has 1 unspecified atom stereocenters. The highest BCUT2D eigenvalue weighted by atomic mass is 35.5. The van der Waals surface area contributed by atoms with Gasteiger partial charge in [-0.2, -0.15) is 5.10 Å². The summed E-state index contributed by atoms with van der Waals surface area (Å²) in [5, 5.41) is 6.98. The molecule has 1 aromatic carbocycles. The Balaban J connectivity index is 2.34. The van der Waals surface area contributed by atoms with Gasteiger partial charge in [0.1, 0.15) is 20.7 Å². The lowest BCUT2D eigenvalue weighted by molar-refractivity contribution is 0.715. The monoisotopic (exact) mass is 327 g/mol. The zero-order valence-electron chi connectivity index (χ0n) is 11.8. The molecule has 0 radical (unpaired) electrons. The molecule has 20 heavy (non-hydrogen) atoms. The molecule has 3 nitrogen and oxygen atoms in total. The molecule has 0 aliphatic heterocycles. The second kappa shape index (κ2) is 6.74. The predicted molar refractivity (Wildman–Crippen MR) is 87.5 cm³/mol. The quantitative estimate of drug-likeness (QED) is 0.753. The van der Waals surface area contributed by atoms with Gasteiger partial charge in [0, 0.05) is 16.2 Å². The van der Waals surface area contributed by atoms with Gasteiger partial charge in [-0.25, -0.2) is 4.98 Å². The third-order valence-corrected chi connectivity index (χ3v) is 8.56. The van der Waals surface area contributed by atoms with Crippen LogP contribution >= 0.6 is 23.2 Å². The molecule has 0 spiro atoms. The van der Waals surface area contributed by atoms with Gasteiger partial charge in [-0.15, -0.1) is 0 Å². The molecule has 6 heteroatoms. The lowest BCUT2D eigenvalue weighted by Crippen LogP contribution is -2.49. The van der Waals surface area contributed by atoms with Crippen molar-refractivity contribution in [2.75, 3.05) is 0 Å². The first-order chi connectivity index (χ1) is 9.55. The number of halogens is 2. The Labute approximate surface area is 130 Å². The van der Waals surface area contributed by atoms with Gasteiger partial charge in [0.15, 0.2) is 0 Å². The molecule has 0 saturated heterocycles. The highest BCUT2D eigenvalue weighted by molar-refractivity contribution is 6.91. The summed E-state index contributed by atoms with van der Waals surface area (Å²) in [6, 6.07) is 7.05. The predicted octanol–water partition coefficient (Wildman–Crippen LogP) is 3.91. The fourth-order valence-electron chi connectivity index (χ4n) is 2.52. The first-order valence-corrected chi connectivity index (χ1v) is 10.5. The van der Waals surface area contributed by atoms with Crippen molar-refractivity contribution in [1.82, 2.24) is 14.8 Å². The standard InChI is InChI=1S/C14H19Cl2N3Si/c1-3-4-7-20(2,11-19-10-17-9-18-19)14-6-5-12(15)8-13(14)16/h5-6,8-10H,3-4,7,11H2,1-2H3. The number of aromatic nitrogens is 3. The summed E-state index contributed by atoms with van der Waals surface area (Å²) in [6.45, 7) is 4.58. The summed E-state index contributed by atoms with van der Waals surface area (Å²) in [4.78, 5) is 4.04. The number of unbranched alkanes of at least 4 members (excludes halogenated alkanes) is 1. The third-order valence-electron chi connectivity index (χ3n) is 3.64. The number of nitrogens with zero attached hydrogens (tertiary/aromatic N) is 3. The zero-order valence-corrected chi connectivity index (χ0v) is 14.3. The molecule has 0 saturated carbocycles. The van der Waals surface area contributed by atoms with Crippen LogP contribution in [0.4, 0.5) is 0 Å². The van der Waals surface area contributed by atoms with Crippen LogP contribution in [0.3, 0.4) is 0 Å². The van der Waals surface area contributed by atoms with E-state index < -0.39 is 8.07 Å². The summed E-state index contributed by atoms with van der Waals surface area (Å²) < 4.78 is 1.92. The van der Waals surface area contributed by atoms with E-state index in [2.05, 4.69) is 29.6 Å². The molecule has 1 aromatic heterocycles. The van der Waals surface area contributed by atoms with Crippen LogP contribution in [-0.2, 0) is 6.17 Å². The van der Waals surface area contributed by atoms with E-state index in [1.807, 2.05) is 16.8 Å². The van der Waals surface area contributed by atoms with E-state index in [1.165, 1.54) is 24.1 Å². The van der Waals surface area contributed by atoms with Crippen LogP contribution in [0.2, 0.25) is 22.6 Å². The highest BCUT2D eigenvalue weighted by Gasteiger charge is 2.32. The van der Waals surface area contributed by atoms with Gasteiger partial charge < -0.3 is 0 Å². The molecular weight excluding hydrogens is 309 g/mol. The van der Waals surface area contributed by atoms with Crippen molar-refractivity contribution in [2.45, 2.75) is 38.5 Å². The van der Waals surface area contributed by atoms with Crippen LogP contribution in [-0.4, -0.2) is 22.8 Å². The summed E-state index contributed by atoms with van der Waals surface area (Å²) >= 11 is 12.5. The maximum atomic E-state index is 6.44. The van der Waals surface area contributed by atoms with E-state index in [0.29, 0.717) is 5.02 Å². The average molecular weight is 328 g/mol. The first-order valence-electron chi connectivity index (χ1n) is 6.83. The van der Waals surface area contributed by atoms with Gasteiger partial charge in [-0.3, -0.25) is 4.68 Å². The summed E-state index contributed by atoms with van der Waals surface area (Å²) in [5.41, 5.74) is 0. The van der Waals surface area contributed by atoms with Crippen LogP contribution in [0.1, 0.15) is 19.8 Å². The Bertz CT molecular complexity index is 560. The molecule has 2 rings (SSSR count). The van der Waals surface area contributed by atoms with Crippen molar-refractivity contribution < 1.29 is 0 Å². The van der Waals surface area contributed by atoms with E-state index in [1.54, 1.807) is 12.7 Å². The van der Waals surface area contributed by atoms with Gasteiger partial charge in [0.05, 0.1) is 0 Å².